The standard InChI is InChI=1S/C22H24F3N7O/c1-13-7-18(28-20(26-13)22(23,24)25)31-11-21(12-31)5-6-30(10-21)17-4-3-16-14(2)29-32(19(16)27-17)15-8-33-9-15/h3-4,7,15H,5-6,8-12H2,1-2H3. The second-order valence-corrected chi connectivity index (χ2v) is 9.48. The van der Waals surface area contributed by atoms with Crippen molar-refractivity contribution in [3.05, 3.63) is 35.4 Å². The van der Waals surface area contributed by atoms with E-state index < -0.39 is 12.0 Å². The average Bonchev–Trinajstić information content (AvgIpc) is 3.27. The number of hydrogen-bond acceptors (Lipinski definition) is 7. The number of ether oxygens (including phenoxy) is 1. The van der Waals surface area contributed by atoms with Crippen molar-refractivity contribution in [3.63, 3.8) is 0 Å². The molecule has 0 amide bonds. The summed E-state index contributed by atoms with van der Waals surface area (Å²) in [5, 5.41) is 5.72. The summed E-state index contributed by atoms with van der Waals surface area (Å²) in [6.07, 6.45) is -3.58. The molecule has 0 aromatic carbocycles. The molecule has 3 aromatic rings. The Morgan fingerprint density at radius 1 is 1.00 bits per heavy atom. The van der Waals surface area contributed by atoms with Gasteiger partial charge in [0.05, 0.1) is 18.9 Å². The molecule has 3 fully saturated rings. The molecule has 8 nitrogen and oxygen atoms in total. The monoisotopic (exact) mass is 459 g/mol. The van der Waals surface area contributed by atoms with E-state index in [9.17, 15) is 13.2 Å². The molecule has 0 unspecified atom stereocenters. The van der Waals surface area contributed by atoms with Crippen LogP contribution in [0.25, 0.3) is 11.0 Å². The van der Waals surface area contributed by atoms with Gasteiger partial charge in [0.15, 0.2) is 5.65 Å². The molecule has 33 heavy (non-hydrogen) atoms. The first-order valence-electron chi connectivity index (χ1n) is 11.1. The van der Waals surface area contributed by atoms with Gasteiger partial charge in [0.2, 0.25) is 5.82 Å². The lowest BCUT2D eigenvalue weighted by Gasteiger charge is -2.48. The largest absolute Gasteiger partial charge is 0.451 e. The van der Waals surface area contributed by atoms with E-state index in [0.717, 1.165) is 42.1 Å². The van der Waals surface area contributed by atoms with Crippen LogP contribution in [0.5, 0.6) is 0 Å². The van der Waals surface area contributed by atoms with Crippen LogP contribution in [-0.4, -0.2) is 64.1 Å². The normalized spacial score (nSPS) is 20.5. The maximum atomic E-state index is 13.1. The molecule has 3 aromatic heterocycles. The minimum absolute atomic E-state index is 0.0336. The molecule has 1 spiro atoms. The number of anilines is 2. The SMILES string of the molecule is Cc1cc(N2CC3(CCN(c4ccc5c(C)nn(C6COC6)c5n4)C3)C2)nc(C(F)(F)F)n1. The fraction of sp³-hybridized carbons (Fsp3) is 0.545. The number of pyridine rings is 1. The van der Waals surface area contributed by atoms with Gasteiger partial charge < -0.3 is 14.5 Å². The van der Waals surface area contributed by atoms with Crippen LogP contribution in [0.4, 0.5) is 24.8 Å². The fourth-order valence-corrected chi connectivity index (χ4v) is 5.11. The zero-order chi connectivity index (χ0) is 23.0. The van der Waals surface area contributed by atoms with E-state index in [0.29, 0.717) is 37.8 Å². The highest BCUT2D eigenvalue weighted by Gasteiger charge is 2.49. The van der Waals surface area contributed by atoms with Crippen LogP contribution in [0.15, 0.2) is 18.2 Å². The van der Waals surface area contributed by atoms with Gasteiger partial charge in [-0.2, -0.15) is 18.3 Å². The molecule has 174 valence electrons. The Labute approximate surface area is 188 Å². The van der Waals surface area contributed by atoms with E-state index in [1.165, 1.54) is 0 Å². The van der Waals surface area contributed by atoms with Gasteiger partial charge in [-0.05, 0) is 32.4 Å². The quantitative estimate of drug-likeness (QED) is 0.596. The molecule has 0 saturated carbocycles. The Morgan fingerprint density at radius 2 is 1.76 bits per heavy atom. The van der Waals surface area contributed by atoms with Gasteiger partial charge in [0.25, 0.3) is 0 Å². The molecule has 0 bridgehead atoms. The Kier molecular flexibility index (Phi) is 4.39. The molecular weight excluding hydrogens is 435 g/mol. The van der Waals surface area contributed by atoms with Crippen molar-refractivity contribution >= 4 is 22.7 Å². The summed E-state index contributed by atoms with van der Waals surface area (Å²) in [7, 11) is 0. The van der Waals surface area contributed by atoms with Crippen LogP contribution in [0, 0.1) is 19.3 Å². The summed E-state index contributed by atoms with van der Waals surface area (Å²) in [6, 6.07) is 5.97. The zero-order valence-corrected chi connectivity index (χ0v) is 18.4. The molecule has 0 N–H and O–H groups in total. The van der Waals surface area contributed by atoms with Crippen molar-refractivity contribution in [3.8, 4) is 0 Å². The van der Waals surface area contributed by atoms with Crippen molar-refractivity contribution in [2.45, 2.75) is 32.5 Å². The molecule has 3 aliphatic rings. The topological polar surface area (TPSA) is 72.2 Å². The average molecular weight is 459 g/mol. The highest BCUT2D eigenvalue weighted by atomic mass is 19.4. The molecule has 6 heterocycles. The van der Waals surface area contributed by atoms with Gasteiger partial charge in [-0.3, -0.25) is 0 Å². The summed E-state index contributed by atoms with van der Waals surface area (Å²) >= 11 is 0. The fourth-order valence-electron chi connectivity index (χ4n) is 5.11. The molecule has 6 rings (SSSR count). The van der Waals surface area contributed by atoms with Crippen molar-refractivity contribution in [2.24, 2.45) is 5.41 Å². The first kappa shape index (κ1) is 20.6. The predicted octanol–water partition coefficient (Wildman–Crippen LogP) is 3.14. The summed E-state index contributed by atoms with van der Waals surface area (Å²) < 4.78 is 46.6. The third-order valence-corrected chi connectivity index (χ3v) is 6.92. The van der Waals surface area contributed by atoms with Crippen molar-refractivity contribution in [2.75, 3.05) is 49.2 Å². The maximum absolute atomic E-state index is 13.1. The summed E-state index contributed by atoms with van der Waals surface area (Å²) in [6.45, 7) is 7.91. The molecule has 3 saturated heterocycles. The third kappa shape index (κ3) is 3.40. The van der Waals surface area contributed by atoms with E-state index in [1.54, 1.807) is 13.0 Å². The number of fused-ring (bicyclic) bond motifs is 1. The number of aryl methyl sites for hydroxylation is 2. The number of aromatic nitrogens is 5. The third-order valence-electron chi connectivity index (χ3n) is 6.92. The number of nitrogens with zero attached hydrogens (tertiary/aromatic N) is 7. The van der Waals surface area contributed by atoms with Gasteiger partial charge in [-0.25, -0.2) is 19.6 Å². The number of halogens is 3. The molecule has 0 atom stereocenters. The zero-order valence-electron chi connectivity index (χ0n) is 18.4. The van der Waals surface area contributed by atoms with E-state index in [4.69, 9.17) is 9.72 Å². The van der Waals surface area contributed by atoms with E-state index in [-0.39, 0.29) is 11.5 Å². The molecule has 11 heteroatoms. The molecule has 0 aliphatic carbocycles. The second-order valence-electron chi connectivity index (χ2n) is 9.48. The minimum Gasteiger partial charge on any atom is -0.377 e. The van der Waals surface area contributed by atoms with E-state index >= 15 is 0 Å². The van der Waals surface area contributed by atoms with Crippen LogP contribution < -0.4 is 9.80 Å². The lowest BCUT2D eigenvalue weighted by atomic mass is 9.79. The van der Waals surface area contributed by atoms with Crippen molar-refractivity contribution in [1.82, 2.24) is 24.7 Å². The van der Waals surface area contributed by atoms with Crippen molar-refractivity contribution in [1.29, 1.82) is 0 Å². The van der Waals surface area contributed by atoms with Gasteiger partial charge >= 0.3 is 6.18 Å². The summed E-state index contributed by atoms with van der Waals surface area (Å²) in [5.41, 5.74) is 2.20. The highest BCUT2D eigenvalue weighted by molar-refractivity contribution is 5.80. The Hall–Kier alpha value is -2.95. The van der Waals surface area contributed by atoms with Crippen LogP contribution in [0.3, 0.4) is 0 Å². The first-order chi connectivity index (χ1) is 15.7. The Balaban J connectivity index is 1.20. The van der Waals surface area contributed by atoms with Crippen LogP contribution >= 0.6 is 0 Å². The van der Waals surface area contributed by atoms with E-state index in [2.05, 4.69) is 26.0 Å². The highest BCUT2D eigenvalue weighted by Crippen LogP contribution is 2.43. The van der Waals surface area contributed by atoms with Gasteiger partial charge in [-0.1, -0.05) is 0 Å². The van der Waals surface area contributed by atoms with Crippen molar-refractivity contribution < 1.29 is 17.9 Å². The van der Waals surface area contributed by atoms with Gasteiger partial charge in [0.1, 0.15) is 17.7 Å². The van der Waals surface area contributed by atoms with Gasteiger partial charge in [0, 0.05) is 48.7 Å². The van der Waals surface area contributed by atoms with Crippen LogP contribution in [-0.2, 0) is 10.9 Å². The number of alkyl halides is 3. The lowest BCUT2D eigenvalue weighted by Crippen LogP contribution is -2.58. The Bertz CT molecular complexity index is 1230. The predicted molar refractivity (Wildman–Crippen MR) is 115 cm³/mol. The number of rotatable bonds is 3. The smallest absolute Gasteiger partial charge is 0.377 e. The minimum atomic E-state index is -4.55. The Morgan fingerprint density at radius 3 is 2.45 bits per heavy atom. The molecule has 3 aliphatic heterocycles. The summed E-state index contributed by atoms with van der Waals surface area (Å²) in [4.78, 5) is 16.5. The van der Waals surface area contributed by atoms with Gasteiger partial charge in [-0.15, -0.1) is 0 Å². The number of hydrogen-bond donors (Lipinski definition) is 0. The maximum Gasteiger partial charge on any atom is 0.451 e. The van der Waals surface area contributed by atoms with E-state index in [1.807, 2.05) is 22.6 Å². The first-order valence-corrected chi connectivity index (χ1v) is 11.1. The molecular formula is C22H24F3N7O. The lowest BCUT2D eigenvalue weighted by molar-refractivity contribution is -0.145. The second kappa shape index (κ2) is 7.02. The van der Waals surface area contributed by atoms with Crippen LogP contribution in [0.2, 0.25) is 0 Å². The van der Waals surface area contributed by atoms with Crippen LogP contribution in [0.1, 0.15) is 29.7 Å². The molecule has 0 radical (unpaired) electrons. The summed E-state index contributed by atoms with van der Waals surface area (Å²) in [5.74, 6) is 0.185.